The second kappa shape index (κ2) is 11.2. The molecular formula is C20H28N4OS3. The van der Waals surface area contributed by atoms with E-state index >= 15 is 0 Å². The second-order valence-electron chi connectivity index (χ2n) is 7.01. The summed E-state index contributed by atoms with van der Waals surface area (Å²) >= 11 is 4.85. The third kappa shape index (κ3) is 6.76. The van der Waals surface area contributed by atoms with Gasteiger partial charge in [-0.15, -0.1) is 10.2 Å². The van der Waals surface area contributed by atoms with Crippen LogP contribution in [0.2, 0.25) is 0 Å². The molecule has 2 aromatic rings. The number of unbranched alkanes of at least 4 members (excludes halogenated alkanes) is 1. The maximum absolute atomic E-state index is 12.6. The van der Waals surface area contributed by atoms with Crippen LogP contribution in [0.5, 0.6) is 0 Å². The van der Waals surface area contributed by atoms with Crippen molar-refractivity contribution >= 4 is 40.8 Å². The van der Waals surface area contributed by atoms with Crippen LogP contribution < -0.4 is 5.32 Å². The Morgan fingerprint density at radius 3 is 2.89 bits per heavy atom. The van der Waals surface area contributed by atoms with Crippen LogP contribution in [0.15, 0.2) is 39.0 Å². The molecule has 1 aromatic carbocycles. The molecule has 0 saturated carbocycles. The number of aromatic nitrogens is 2. The summed E-state index contributed by atoms with van der Waals surface area (Å²) in [7, 11) is 0. The average molecular weight is 437 g/mol. The lowest BCUT2D eigenvalue weighted by Gasteiger charge is -2.18. The molecule has 1 aliphatic heterocycles. The van der Waals surface area contributed by atoms with Crippen molar-refractivity contribution in [3.8, 4) is 0 Å². The zero-order valence-electron chi connectivity index (χ0n) is 16.5. The smallest absolute Gasteiger partial charge is 0.233 e. The molecule has 0 aliphatic carbocycles. The number of carbonyl (C=O) groups excluding carboxylic acids is 1. The zero-order valence-corrected chi connectivity index (χ0v) is 18.9. The van der Waals surface area contributed by atoms with Gasteiger partial charge in [0, 0.05) is 31.4 Å². The van der Waals surface area contributed by atoms with Gasteiger partial charge in [0.2, 0.25) is 5.91 Å². The van der Waals surface area contributed by atoms with E-state index in [2.05, 4.69) is 51.6 Å². The molecule has 2 unspecified atom stereocenters. The first-order valence-electron chi connectivity index (χ1n) is 9.83. The van der Waals surface area contributed by atoms with E-state index in [0.29, 0.717) is 0 Å². The quantitative estimate of drug-likeness (QED) is 0.443. The summed E-state index contributed by atoms with van der Waals surface area (Å²) in [5.41, 5.74) is 1.32. The number of hydrogen-bond acceptors (Lipinski definition) is 7. The van der Waals surface area contributed by atoms with Crippen LogP contribution in [-0.4, -0.2) is 51.1 Å². The van der Waals surface area contributed by atoms with Gasteiger partial charge in [0.05, 0.1) is 5.25 Å². The number of amides is 1. The average Bonchev–Trinajstić information content (AvgIpc) is 3.32. The highest BCUT2D eigenvalue weighted by atomic mass is 32.2. The number of rotatable bonds is 10. The summed E-state index contributed by atoms with van der Waals surface area (Å²) in [6.07, 6.45) is 3.38. The molecule has 1 fully saturated rings. The van der Waals surface area contributed by atoms with E-state index in [9.17, 15) is 4.79 Å². The minimum atomic E-state index is -0.162. The lowest BCUT2D eigenvalue weighted by atomic mass is 10.2. The van der Waals surface area contributed by atoms with Crippen molar-refractivity contribution in [3.05, 3.63) is 35.9 Å². The second-order valence-corrected chi connectivity index (χ2v) is 10.9. The highest BCUT2D eigenvalue weighted by Crippen LogP contribution is 2.31. The Hall–Kier alpha value is -1.09. The molecule has 152 valence electrons. The van der Waals surface area contributed by atoms with Crippen LogP contribution >= 0.6 is 34.9 Å². The third-order valence-corrected chi connectivity index (χ3v) is 7.95. The molecule has 0 bridgehead atoms. The van der Waals surface area contributed by atoms with Crippen LogP contribution in [-0.2, 0) is 11.3 Å². The first-order valence-corrected chi connectivity index (χ1v) is 12.5. The fourth-order valence-corrected chi connectivity index (χ4v) is 6.39. The highest BCUT2D eigenvalue weighted by molar-refractivity contribution is 8.03. The monoisotopic (exact) mass is 436 g/mol. The van der Waals surface area contributed by atoms with Gasteiger partial charge in [-0.3, -0.25) is 9.69 Å². The molecule has 8 heteroatoms. The third-order valence-electron chi connectivity index (χ3n) is 4.63. The van der Waals surface area contributed by atoms with Gasteiger partial charge < -0.3 is 5.32 Å². The first kappa shape index (κ1) is 21.6. The number of benzene rings is 1. The van der Waals surface area contributed by atoms with E-state index in [-0.39, 0.29) is 17.2 Å². The molecule has 2 heterocycles. The minimum Gasteiger partial charge on any atom is -0.351 e. The Bertz CT molecular complexity index is 740. The number of thioether (sulfide) groups is 2. The van der Waals surface area contributed by atoms with E-state index in [1.54, 1.807) is 23.1 Å². The minimum absolute atomic E-state index is 0.0898. The molecule has 0 radical (unpaired) electrons. The SMILES string of the molecule is CCCCSc1nnc(SC(C)C(=O)NC2CCN(Cc3ccccc3)C2)s1. The van der Waals surface area contributed by atoms with Crippen molar-refractivity contribution < 1.29 is 4.79 Å². The fraction of sp³-hybridized carbons (Fsp3) is 0.550. The lowest BCUT2D eigenvalue weighted by Crippen LogP contribution is -2.40. The van der Waals surface area contributed by atoms with E-state index in [1.165, 1.54) is 30.2 Å². The Labute approximate surface area is 180 Å². The Morgan fingerprint density at radius 1 is 1.32 bits per heavy atom. The fourth-order valence-electron chi connectivity index (χ4n) is 3.07. The lowest BCUT2D eigenvalue weighted by molar-refractivity contribution is -0.120. The van der Waals surface area contributed by atoms with Crippen LogP contribution in [0.1, 0.15) is 38.7 Å². The predicted molar refractivity (Wildman–Crippen MR) is 119 cm³/mol. The number of nitrogens with one attached hydrogen (secondary N) is 1. The van der Waals surface area contributed by atoms with E-state index < -0.39 is 0 Å². The van der Waals surface area contributed by atoms with Gasteiger partial charge >= 0.3 is 0 Å². The standard InChI is InChI=1S/C20H28N4OS3/c1-3-4-12-26-19-22-23-20(28-19)27-15(2)18(25)21-17-10-11-24(14-17)13-16-8-6-5-7-9-16/h5-9,15,17H,3-4,10-14H2,1-2H3,(H,21,25). The van der Waals surface area contributed by atoms with Crippen molar-refractivity contribution in [1.29, 1.82) is 0 Å². The number of likely N-dealkylation sites (tertiary alicyclic amines) is 1. The summed E-state index contributed by atoms with van der Waals surface area (Å²) in [6, 6.07) is 10.7. The summed E-state index contributed by atoms with van der Waals surface area (Å²) < 4.78 is 1.87. The van der Waals surface area contributed by atoms with Gasteiger partial charge in [0.1, 0.15) is 0 Å². The van der Waals surface area contributed by atoms with Gasteiger partial charge in [-0.2, -0.15) is 0 Å². The van der Waals surface area contributed by atoms with Crippen molar-refractivity contribution in [3.63, 3.8) is 0 Å². The normalized spacial score (nSPS) is 18.3. The first-order chi connectivity index (χ1) is 13.6. The van der Waals surface area contributed by atoms with Crippen molar-refractivity contribution in [1.82, 2.24) is 20.4 Å². The van der Waals surface area contributed by atoms with Crippen LogP contribution in [0.25, 0.3) is 0 Å². The van der Waals surface area contributed by atoms with Crippen LogP contribution in [0.3, 0.4) is 0 Å². The van der Waals surface area contributed by atoms with Gasteiger partial charge in [-0.25, -0.2) is 0 Å². The van der Waals surface area contributed by atoms with Gasteiger partial charge in [0.25, 0.3) is 0 Å². The van der Waals surface area contributed by atoms with Crippen molar-refractivity contribution in [2.45, 2.75) is 59.6 Å². The maximum Gasteiger partial charge on any atom is 0.233 e. The Morgan fingerprint density at radius 2 is 2.11 bits per heavy atom. The van der Waals surface area contributed by atoms with Crippen LogP contribution in [0.4, 0.5) is 0 Å². The van der Waals surface area contributed by atoms with Crippen molar-refractivity contribution in [2.24, 2.45) is 0 Å². The van der Waals surface area contributed by atoms with Gasteiger partial charge in [0.15, 0.2) is 8.68 Å². The molecule has 3 rings (SSSR count). The molecular weight excluding hydrogens is 408 g/mol. The number of carbonyl (C=O) groups is 1. The number of hydrogen-bond donors (Lipinski definition) is 1. The molecule has 28 heavy (non-hydrogen) atoms. The molecule has 1 saturated heterocycles. The predicted octanol–water partition coefficient (Wildman–Crippen LogP) is 4.30. The summed E-state index contributed by atoms with van der Waals surface area (Å²) in [4.78, 5) is 15.0. The maximum atomic E-state index is 12.6. The molecule has 1 N–H and O–H groups in total. The van der Waals surface area contributed by atoms with Crippen molar-refractivity contribution in [2.75, 3.05) is 18.8 Å². The molecule has 0 spiro atoms. The van der Waals surface area contributed by atoms with Crippen LogP contribution in [0, 0.1) is 0 Å². The molecule has 1 aliphatic rings. The van der Waals surface area contributed by atoms with E-state index in [0.717, 1.165) is 40.5 Å². The summed E-state index contributed by atoms with van der Waals surface area (Å²) in [6.45, 7) is 7.02. The zero-order chi connectivity index (χ0) is 19.8. The van der Waals surface area contributed by atoms with Gasteiger partial charge in [-0.05, 0) is 25.3 Å². The molecule has 2 atom stereocenters. The topological polar surface area (TPSA) is 58.1 Å². The molecule has 1 amide bonds. The molecule has 1 aromatic heterocycles. The van der Waals surface area contributed by atoms with Gasteiger partial charge in [-0.1, -0.05) is 78.5 Å². The Kier molecular flexibility index (Phi) is 8.64. The molecule has 5 nitrogen and oxygen atoms in total. The number of nitrogens with zero attached hydrogens (tertiary/aromatic N) is 3. The Balaban J connectivity index is 1.41. The summed E-state index contributed by atoms with van der Waals surface area (Å²) in [5, 5.41) is 11.5. The van der Waals surface area contributed by atoms with E-state index in [4.69, 9.17) is 0 Å². The summed E-state index contributed by atoms with van der Waals surface area (Å²) in [5.74, 6) is 1.17. The van der Waals surface area contributed by atoms with E-state index in [1.807, 2.05) is 13.0 Å². The highest BCUT2D eigenvalue weighted by Gasteiger charge is 2.26. The largest absolute Gasteiger partial charge is 0.351 e.